The van der Waals surface area contributed by atoms with Gasteiger partial charge in [-0.2, -0.15) is 4.98 Å². The first kappa shape index (κ1) is 8.50. The van der Waals surface area contributed by atoms with Crippen molar-refractivity contribution in [2.75, 3.05) is 25.5 Å². The van der Waals surface area contributed by atoms with Crippen molar-refractivity contribution in [2.45, 2.75) is 18.3 Å². The standard InChI is InChI=1S/C8H15N5/c1-13(2)7-10-6(11-12-7)8(5-9)3-4-8/h3-5,9H2,1-2H3,(H,10,11,12). The largest absolute Gasteiger partial charge is 0.346 e. The summed E-state index contributed by atoms with van der Waals surface area (Å²) in [5, 5.41) is 7.06. The van der Waals surface area contributed by atoms with Crippen LogP contribution in [-0.4, -0.2) is 35.8 Å². The molecular formula is C8H15N5. The number of nitrogens with one attached hydrogen (secondary N) is 1. The molecule has 0 amide bonds. The third kappa shape index (κ3) is 1.29. The molecule has 1 heterocycles. The van der Waals surface area contributed by atoms with E-state index in [9.17, 15) is 0 Å². The highest BCUT2D eigenvalue weighted by molar-refractivity contribution is 5.29. The zero-order valence-electron chi connectivity index (χ0n) is 8.04. The van der Waals surface area contributed by atoms with Gasteiger partial charge in [-0.1, -0.05) is 0 Å². The summed E-state index contributed by atoms with van der Waals surface area (Å²) in [6, 6.07) is 0. The van der Waals surface area contributed by atoms with Crippen LogP contribution >= 0.6 is 0 Å². The van der Waals surface area contributed by atoms with E-state index in [1.54, 1.807) is 0 Å². The quantitative estimate of drug-likeness (QED) is 0.681. The van der Waals surface area contributed by atoms with E-state index in [2.05, 4.69) is 15.2 Å². The molecule has 0 aromatic carbocycles. The first-order valence-corrected chi connectivity index (χ1v) is 4.48. The van der Waals surface area contributed by atoms with E-state index in [0.717, 1.165) is 24.6 Å². The van der Waals surface area contributed by atoms with Crippen LogP contribution in [0.15, 0.2) is 0 Å². The van der Waals surface area contributed by atoms with Gasteiger partial charge in [0.25, 0.3) is 0 Å². The lowest BCUT2D eigenvalue weighted by atomic mass is 10.1. The van der Waals surface area contributed by atoms with Gasteiger partial charge >= 0.3 is 0 Å². The van der Waals surface area contributed by atoms with Crippen LogP contribution in [0.3, 0.4) is 0 Å². The van der Waals surface area contributed by atoms with Gasteiger partial charge in [-0.25, -0.2) is 0 Å². The number of aromatic amines is 1. The predicted octanol–water partition coefficient (Wildman–Crippen LogP) is -0.139. The van der Waals surface area contributed by atoms with Gasteiger partial charge in [0, 0.05) is 26.1 Å². The fraction of sp³-hybridized carbons (Fsp3) is 0.750. The van der Waals surface area contributed by atoms with Crippen LogP contribution in [0, 0.1) is 0 Å². The Morgan fingerprint density at radius 1 is 1.54 bits per heavy atom. The number of nitrogens with zero attached hydrogens (tertiary/aromatic N) is 3. The first-order chi connectivity index (χ1) is 6.18. The SMILES string of the molecule is CN(C)c1n[nH]c(C2(CN)CC2)n1. The molecule has 1 aromatic rings. The van der Waals surface area contributed by atoms with Crippen molar-refractivity contribution < 1.29 is 0 Å². The van der Waals surface area contributed by atoms with Crippen molar-refractivity contribution >= 4 is 5.95 Å². The molecule has 0 unspecified atom stereocenters. The highest BCUT2D eigenvalue weighted by Gasteiger charge is 2.46. The van der Waals surface area contributed by atoms with Crippen molar-refractivity contribution in [1.82, 2.24) is 15.2 Å². The maximum Gasteiger partial charge on any atom is 0.244 e. The van der Waals surface area contributed by atoms with Crippen LogP contribution in [0.5, 0.6) is 0 Å². The summed E-state index contributed by atoms with van der Waals surface area (Å²) in [5.74, 6) is 1.67. The average molecular weight is 181 g/mol. The zero-order valence-corrected chi connectivity index (χ0v) is 8.04. The fourth-order valence-corrected chi connectivity index (χ4v) is 1.38. The number of rotatable bonds is 3. The molecule has 3 N–H and O–H groups in total. The van der Waals surface area contributed by atoms with Crippen molar-refractivity contribution in [3.8, 4) is 0 Å². The van der Waals surface area contributed by atoms with Gasteiger partial charge < -0.3 is 10.6 Å². The van der Waals surface area contributed by atoms with Crippen LogP contribution in [0.2, 0.25) is 0 Å². The van der Waals surface area contributed by atoms with Crippen LogP contribution in [-0.2, 0) is 5.41 Å². The summed E-state index contributed by atoms with van der Waals surface area (Å²) in [6.07, 6.45) is 2.26. The fourth-order valence-electron chi connectivity index (χ4n) is 1.38. The van der Waals surface area contributed by atoms with Gasteiger partial charge in [-0.15, -0.1) is 5.10 Å². The van der Waals surface area contributed by atoms with E-state index in [-0.39, 0.29) is 5.41 Å². The van der Waals surface area contributed by atoms with Crippen molar-refractivity contribution in [3.63, 3.8) is 0 Å². The van der Waals surface area contributed by atoms with E-state index in [1.165, 1.54) is 0 Å². The monoisotopic (exact) mass is 181 g/mol. The highest BCUT2D eigenvalue weighted by atomic mass is 15.3. The summed E-state index contributed by atoms with van der Waals surface area (Å²) >= 11 is 0. The minimum atomic E-state index is 0.112. The minimum absolute atomic E-state index is 0.112. The molecule has 72 valence electrons. The minimum Gasteiger partial charge on any atom is -0.346 e. The molecule has 13 heavy (non-hydrogen) atoms. The Bertz CT molecular complexity index is 299. The molecule has 0 saturated heterocycles. The van der Waals surface area contributed by atoms with Crippen molar-refractivity contribution in [2.24, 2.45) is 5.73 Å². The van der Waals surface area contributed by atoms with Gasteiger partial charge in [-0.3, -0.25) is 5.10 Å². The third-order valence-corrected chi connectivity index (χ3v) is 2.62. The van der Waals surface area contributed by atoms with Crippen LogP contribution in [0.1, 0.15) is 18.7 Å². The van der Waals surface area contributed by atoms with Crippen molar-refractivity contribution in [3.05, 3.63) is 5.82 Å². The molecular weight excluding hydrogens is 166 g/mol. The van der Waals surface area contributed by atoms with Crippen LogP contribution in [0.4, 0.5) is 5.95 Å². The summed E-state index contributed by atoms with van der Waals surface area (Å²) in [4.78, 5) is 6.28. The Morgan fingerprint density at radius 3 is 2.62 bits per heavy atom. The molecule has 1 aromatic heterocycles. The Labute approximate surface area is 77.3 Å². The molecule has 0 bridgehead atoms. The highest BCUT2D eigenvalue weighted by Crippen LogP contribution is 2.45. The van der Waals surface area contributed by atoms with E-state index < -0.39 is 0 Å². The normalized spacial score (nSPS) is 18.7. The second kappa shape index (κ2) is 2.70. The van der Waals surface area contributed by atoms with Gasteiger partial charge in [0.2, 0.25) is 5.95 Å². The number of aromatic nitrogens is 3. The summed E-state index contributed by atoms with van der Waals surface area (Å²) in [5.41, 5.74) is 5.80. The van der Waals surface area contributed by atoms with Crippen LogP contribution in [0.25, 0.3) is 0 Å². The molecule has 1 saturated carbocycles. The smallest absolute Gasteiger partial charge is 0.244 e. The second-order valence-corrected chi connectivity index (χ2v) is 3.86. The second-order valence-electron chi connectivity index (χ2n) is 3.86. The van der Waals surface area contributed by atoms with Gasteiger partial charge in [-0.05, 0) is 12.8 Å². The van der Waals surface area contributed by atoms with E-state index in [4.69, 9.17) is 5.73 Å². The topological polar surface area (TPSA) is 70.8 Å². The zero-order chi connectivity index (χ0) is 9.47. The Kier molecular flexibility index (Phi) is 1.76. The summed E-state index contributed by atoms with van der Waals surface area (Å²) in [6.45, 7) is 0.662. The van der Waals surface area contributed by atoms with Crippen LogP contribution < -0.4 is 10.6 Å². The molecule has 0 radical (unpaired) electrons. The number of hydrogen-bond donors (Lipinski definition) is 2. The Morgan fingerprint density at radius 2 is 2.23 bits per heavy atom. The maximum absolute atomic E-state index is 5.68. The number of H-pyrrole nitrogens is 1. The molecule has 1 aliphatic carbocycles. The lowest BCUT2D eigenvalue weighted by Crippen LogP contribution is -2.21. The molecule has 2 rings (SSSR count). The maximum atomic E-state index is 5.68. The molecule has 1 fully saturated rings. The number of anilines is 1. The van der Waals surface area contributed by atoms with E-state index >= 15 is 0 Å². The lowest BCUT2D eigenvalue weighted by molar-refractivity contribution is 0.652. The lowest BCUT2D eigenvalue weighted by Gasteiger charge is -2.07. The Balaban J connectivity index is 2.23. The van der Waals surface area contributed by atoms with Gasteiger partial charge in [0.15, 0.2) is 0 Å². The molecule has 0 aliphatic heterocycles. The molecule has 0 atom stereocenters. The van der Waals surface area contributed by atoms with E-state index in [0.29, 0.717) is 6.54 Å². The molecule has 5 heteroatoms. The summed E-state index contributed by atoms with van der Waals surface area (Å²) in [7, 11) is 3.85. The average Bonchev–Trinajstić information content (AvgIpc) is 2.75. The van der Waals surface area contributed by atoms with Gasteiger partial charge in [0.1, 0.15) is 5.82 Å². The summed E-state index contributed by atoms with van der Waals surface area (Å²) < 4.78 is 0. The first-order valence-electron chi connectivity index (χ1n) is 4.48. The van der Waals surface area contributed by atoms with Crippen molar-refractivity contribution in [1.29, 1.82) is 0 Å². The molecule has 0 spiro atoms. The van der Waals surface area contributed by atoms with Gasteiger partial charge in [0.05, 0.1) is 0 Å². The van der Waals surface area contributed by atoms with E-state index in [1.807, 2.05) is 19.0 Å². The molecule has 1 aliphatic rings. The predicted molar refractivity (Wildman–Crippen MR) is 50.7 cm³/mol. The Hall–Kier alpha value is -1.10. The third-order valence-electron chi connectivity index (χ3n) is 2.62. The number of nitrogens with two attached hydrogens (primary N) is 1. The number of hydrogen-bond acceptors (Lipinski definition) is 4. The molecule has 5 nitrogen and oxygen atoms in total.